The van der Waals surface area contributed by atoms with E-state index in [1.54, 1.807) is 0 Å². The summed E-state index contributed by atoms with van der Waals surface area (Å²) in [5.41, 5.74) is 6.81. The van der Waals surface area contributed by atoms with E-state index in [1.807, 2.05) is 30.3 Å². The van der Waals surface area contributed by atoms with Crippen LogP contribution in [0.2, 0.25) is 0 Å². The van der Waals surface area contributed by atoms with Gasteiger partial charge < -0.3 is 20.9 Å². The SMILES string of the molecule is CCCN(CCO)CC(C(N)=NO)c1ccccc1. The molecule has 5 heteroatoms. The van der Waals surface area contributed by atoms with Crippen LogP contribution < -0.4 is 5.73 Å². The lowest BCUT2D eigenvalue weighted by molar-refractivity contribution is 0.194. The van der Waals surface area contributed by atoms with Crippen LogP contribution in [0.3, 0.4) is 0 Å². The van der Waals surface area contributed by atoms with Crippen LogP contribution in [-0.2, 0) is 0 Å². The highest BCUT2D eigenvalue weighted by Gasteiger charge is 2.19. The molecule has 0 saturated carbocycles. The molecule has 0 amide bonds. The molecule has 106 valence electrons. The summed E-state index contributed by atoms with van der Waals surface area (Å²) in [6.07, 6.45) is 0.998. The molecule has 0 fully saturated rings. The minimum Gasteiger partial charge on any atom is -0.409 e. The molecule has 0 radical (unpaired) electrons. The van der Waals surface area contributed by atoms with Crippen molar-refractivity contribution in [1.29, 1.82) is 0 Å². The minimum atomic E-state index is -0.163. The Hall–Kier alpha value is -1.59. The molecule has 1 aromatic rings. The molecule has 0 aliphatic rings. The van der Waals surface area contributed by atoms with E-state index in [4.69, 9.17) is 16.0 Å². The molecule has 1 unspecified atom stereocenters. The molecule has 19 heavy (non-hydrogen) atoms. The first kappa shape index (κ1) is 15.5. The summed E-state index contributed by atoms with van der Waals surface area (Å²) in [6, 6.07) is 9.73. The van der Waals surface area contributed by atoms with E-state index < -0.39 is 0 Å². The van der Waals surface area contributed by atoms with Crippen LogP contribution >= 0.6 is 0 Å². The van der Waals surface area contributed by atoms with Gasteiger partial charge in [0.25, 0.3) is 0 Å². The van der Waals surface area contributed by atoms with E-state index in [1.165, 1.54) is 0 Å². The van der Waals surface area contributed by atoms with Gasteiger partial charge in [0.1, 0.15) is 5.84 Å². The normalized spacial score (nSPS) is 13.7. The first-order valence-electron chi connectivity index (χ1n) is 6.58. The molecular weight excluding hydrogens is 242 g/mol. The lowest BCUT2D eigenvalue weighted by atomic mass is 9.97. The third kappa shape index (κ3) is 4.89. The molecule has 1 rings (SSSR count). The number of nitrogens with two attached hydrogens (primary N) is 1. The monoisotopic (exact) mass is 265 g/mol. The van der Waals surface area contributed by atoms with Crippen LogP contribution in [0.5, 0.6) is 0 Å². The third-order valence-corrected chi connectivity index (χ3v) is 3.07. The molecule has 1 atom stereocenters. The molecule has 0 aliphatic carbocycles. The maximum Gasteiger partial charge on any atom is 0.147 e. The Morgan fingerprint density at radius 2 is 2.00 bits per heavy atom. The smallest absolute Gasteiger partial charge is 0.147 e. The summed E-state index contributed by atoms with van der Waals surface area (Å²) < 4.78 is 0. The summed E-state index contributed by atoms with van der Waals surface area (Å²) >= 11 is 0. The van der Waals surface area contributed by atoms with Gasteiger partial charge in [-0.1, -0.05) is 42.4 Å². The van der Waals surface area contributed by atoms with Gasteiger partial charge in [-0.25, -0.2) is 0 Å². The molecule has 0 heterocycles. The van der Waals surface area contributed by atoms with E-state index in [2.05, 4.69) is 17.0 Å². The predicted octanol–water partition coefficient (Wildman–Crippen LogP) is 1.22. The average Bonchev–Trinajstić information content (AvgIpc) is 2.45. The molecule has 0 aliphatic heterocycles. The second-order valence-corrected chi connectivity index (χ2v) is 4.51. The molecule has 0 spiro atoms. The number of benzene rings is 1. The van der Waals surface area contributed by atoms with Crippen LogP contribution in [0.1, 0.15) is 24.8 Å². The predicted molar refractivity (Wildman–Crippen MR) is 76.4 cm³/mol. The quantitative estimate of drug-likeness (QED) is 0.286. The summed E-state index contributed by atoms with van der Waals surface area (Å²) in [4.78, 5) is 2.12. The van der Waals surface area contributed by atoms with E-state index >= 15 is 0 Å². The third-order valence-electron chi connectivity index (χ3n) is 3.07. The van der Waals surface area contributed by atoms with Crippen molar-refractivity contribution in [1.82, 2.24) is 4.90 Å². The fourth-order valence-corrected chi connectivity index (χ4v) is 2.13. The molecular formula is C14H23N3O2. The number of amidine groups is 1. The summed E-state index contributed by atoms with van der Waals surface area (Å²) in [5, 5.41) is 21.2. The van der Waals surface area contributed by atoms with Crippen molar-refractivity contribution >= 4 is 5.84 Å². The van der Waals surface area contributed by atoms with Crippen molar-refractivity contribution in [3.8, 4) is 0 Å². The minimum absolute atomic E-state index is 0.109. The summed E-state index contributed by atoms with van der Waals surface area (Å²) in [7, 11) is 0. The van der Waals surface area contributed by atoms with Gasteiger partial charge in [0.15, 0.2) is 0 Å². The maximum atomic E-state index is 9.09. The first-order chi connectivity index (χ1) is 9.22. The fraction of sp³-hybridized carbons (Fsp3) is 0.500. The number of aliphatic hydroxyl groups is 1. The van der Waals surface area contributed by atoms with Gasteiger partial charge in [-0.05, 0) is 18.5 Å². The van der Waals surface area contributed by atoms with Gasteiger partial charge in [-0.2, -0.15) is 0 Å². The lowest BCUT2D eigenvalue weighted by Gasteiger charge is -2.26. The largest absolute Gasteiger partial charge is 0.409 e. The number of hydrogen-bond donors (Lipinski definition) is 3. The zero-order valence-electron chi connectivity index (χ0n) is 11.4. The highest BCUT2D eigenvalue weighted by atomic mass is 16.4. The van der Waals surface area contributed by atoms with Crippen LogP contribution in [0.4, 0.5) is 0 Å². The number of oxime groups is 1. The van der Waals surface area contributed by atoms with Gasteiger partial charge in [0.05, 0.1) is 12.5 Å². The Balaban J connectivity index is 2.86. The zero-order chi connectivity index (χ0) is 14.1. The molecule has 0 saturated heterocycles. The summed E-state index contributed by atoms with van der Waals surface area (Å²) in [5.74, 6) is 0.0366. The highest BCUT2D eigenvalue weighted by molar-refractivity contribution is 5.87. The van der Waals surface area contributed by atoms with Gasteiger partial charge in [-0.15, -0.1) is 0 Å². The Morgan fingerprint density at radius 3 is 2.53 bits per heavy atom. The average molecular weight is 265 g/mol. The van der Waals surface area contributed by atoms with E-state index in [0.717, 1.165) is 18.5 Å². The standard InChI is InChI=1S/C14H23N3O2/c1-2-8-17(9-10-18)11-13(14(15)16-19)12-6-4-3-5-7-12/h3-7,13,18-19H,2,8-11H2,1H3,(H2,15,16). The molecule has 4 N–H and O–H groups in total. The Bertz CT molecular complexity index is 376. The van der Waals surface area contributed by atoms with Crippen molar-refractivity contribution in [2.24, 2.45) is 10.9 Å². The second-order valence-electron chi connectivity index (χ2n) is 4.51. The van der Waals surface area contributed by atoms with E-state index in [9.17, 15) is 0 Å². The van der Waals surface area contributed by atoms with Crippen molar-refractivity contribution in [2.75, 3.05) is 26.2 Å². The Labute approximate surface area is 114 Å². The van der Waals surface area contributed by atoms with Gasteiger partial charge >= 0.3 is 0 Å². The highest BCUT2D eigenvalue weighted by Crippen LogP contribution is 2.17. The van der Waals surface area contributed by atoms with E-state index in [0.29, 0.717) is 13.1 Å². The number of hydrogen-bond acceptors (Lipinski definition) is 4. The van der Waals surface area contributed by atoms with Crippen LogP contribution in [0, 0.1) is 0 Å². The molecule has 0 aromatic heterocycles. The Morgan fingerprint density at radius 1 is 1.32 bits per heavy atom. The van der Waals surface area contributed by atoms with Crippen LogP contribution in [-0.4, -0.2) is 47.3 Å². The van der Waals surface area contributed by atoms with Crippen molar-refractivity contribution in [2.45, 2.75) is 19.3 Å². The Kier molecular flexibility index (Phi) is 6.92. The maximum absolute atomic E-state index is 9.09. The topological polar surface area (TPSA) is 82.1 Å². The van der Waals surface area contributed by atoms with Gasteiger partial charge in [0, 0.05) is 13.1 Å². The fourth-order valence-electron chi connectivity index (χ4n) is 2.13. The van der Waals surface area contributed by atoms with Crippen molar-refractivity contribution < 1.29 is 10.3 Å². The zero-order valence-corrected chi connectivity index (χ0v) is 11.4. The second kappa shape index (κ2) is 8.50. The first-order valence-corrected chi connectivity index (χ1v) is 6.58. The molecule has 0 bridgehead atoms. The van der Waals surface area contributed by atoms with Crippen molar-refractivity contribution in [3.63, 3.8) is 0 Å². The molecule has 5 nitrogen and oxygen atoms in total. The van der Waals surface area contributed by atoms with Crippen LogP contribution in [0.15, 0.2) is 35.5 Å². The number of nitrogens with zero attached hydrogens (tertiary/aromatic N) is 2. The molecule has 1 aromatic carbocycles. The van der Waals surface area contributed by atoms with Gasteiger partial charge in [0.2, 0.25) is 0 Å². The lowest BCUT2D eigenvalue weighted by Crippen LogP contribution is -2.37. The van der Waals surface area contributed by atoms with E-state index in [-0.39, 0.29) is 18.4 Å². The van der Waals surface area contributed by atoms with Crippen molar-refractivity contribution in [3.05, 3.63) is 35.9 Å². The summed E-state index contributed by atoms with van der Waals surface area (Å²) in [6.45, 7) is 4.30. The number of aliphatic hydroxyl groups excluding tert-OH is 1. The number of rotatable bonds is 8. The van der Waals surface area contributed by atoms with Gasteiger partial charge in [-0.3, -0.25) is 0 Å². The van der Waals surface area contributed by atoms with Crippen LogP contribution in [0.25, 0.3) is 0 Å².